The molecule has 1 aliphatic rings. The first-order chi connectivity index (χ1) is 10.3. The molecule has 1 N–H and O–H groups in total. The van der Waals surface area contributed by atoms with E-state index in [1.54, 1.807) is 6.20 Å². The number of aromatic nitrogens is 3. The normalized spacial score (nSPS) is 13.8. The van der Waals surface area contributed by atoms with Crippen LogP contribution in [-0.2, 0) is 11.2 Å². The Morgan fingerprint density at radius 2 is 1.76 bits per heavy atom. The average Bonchev–Trinajstić information content (AvgIpc) is 2.53. The molecule has 0 atom stereocenters. The molecule has 21 heavy (non-hydrogen) atoms. The van der Waals surface area contributed by atoms with Crippen LogP contribution in [0.5, 0.6) is 0 Å². The van der Waals surface area contributed by atoms with Crippen molar-refractivity contribution in [3.05, 3.63) is 48.2 Å². The quantitative estimate of drug-likeness (QED) is 0.741. The van der Waals surface area contributed by atoms with Crippen molar-refractivity contribution < 1.29 is 4.79 Å². The summed E-state index contributed by atoms with van der Waals surface area (Å²) in [5.74, 6) is 0.649. The van der Waals surface area contributed by atoms with E-state index in [2.05, 4.69) is 20.3 Å². The summed E-state index contributed by atoms with van der Waals surface area (Å²) in [4.78, 5) is 24.9. The third-order valence-corrected chi connectivity index (χ3v) is 3.57. The Labute approximate surface area is 121 Å². The van der Waals surface area contributed by atoms with E-state index in [4.69, 9.17) is 0 Å². The Balaban J connectivity index is 1.81. The Morgan fingerprint density at radius 1 is 0.905 bits per heavy atom. The van der Waals surface area contributed by atoms with Gasteiger partial charge in [0.1, 0.15) is 11.5 Å². The number of para-hydroxylation sites is 2. The molecule has 3 aromatic rings. The van der Waals surface area contributed by atoms with Gasteiger partial charge < -0.3 is 5.32 Å². The molecule has 2 aromatic heterocycles. The summed E-state index contributed by atoms with van der Waals surface area (Å²) in [5, 5.41) is 2.81. The Hall–Kier alpha value is -2.82. The fraction of sp³-hybridized carbons (Fsp3) is 0.125. The van der Waals surface area contributed by atoms with Crippen LogP contribution in [0.1, 0.15) is 12.0 Å². The Kier molecular flexibility index (Phi) is 2.64. The van der Waals surface area contributed by atoms with Gasteiger partial charge in [-0.25, -0.2) is 9.97 Å². The largest absolute Gasteiger partial charge is 0.310 e. The van der Waals surface area contributed by atoms with Crippen LogP contribution in [0.3, 0.4) is 0 Å². The highest BCUT2D eigenvalue weighted by atomic mass is 16.1. The third kappa shape index (κ3) is 2.12. The number of nitrogens with one attached hydrogen (secondary N) is 1. The molecule has 3 heterocycles. The van der Waals surface area contributed by atoms with E-state index >= 15 is 0 Å². The van der Waals surface area contributed by atoms with E-state index in [9.17, 15) is 4.79 Å². The lowest BCUT2D eigenvalue weighted by molar-refractivity contribution is -0.116. The predicted molar refractivity (Wildman–Crippen MR) is 79.7 cm³/mol. The average molecular weight is 276 g/mol. The summed E-state index contributed by atoms with van der Waals surface area (Å²) < 4.78 is 0. The number of hydrogen-bond donors (Lipinski definition) is 1. The first-order valence-corrected chi connectivity index (χ1v) is 6.81. The second-order valence-corrected chi connectivity index (χ2v) is 5.00. The van der Waals surface area contributed by atoms with Gasteiger partial charge in [0.05, 0.1) is 22.9 Å². The number of carbonyl (C=O) groups excluding carboxylic acids is 1. The molecule has 1 aliphatic heterocycles. The first kappa shape index (κ1) is 12.0. The lowest BCUT2D eigenvalue weighted by Crippen LogP contribution is -2.20. The third-order valence-electron chi connectivity index (χ3n) is 3.57. The number of benzene rings is 1. The van der Waals surface area contributed by atoms with Crippen LogP contribution >= 0.6 is 0 Å². The molecule has 5 nitrogen and oxygen atoms in total. The maximum Gasteiger partial charge on any atom is 0.225 e. The minimum Gasteiger partial charge on any atom is -0.310 e. The predicted octanol–water partition coefficient (Wildman–Crippen LogP) is 2.58. The smallest absolute Gasteiger partial charge is 0.225 e. The number of carbonyl (C=O) groups is 1. The van der Waals surface area contributed by atoms with Crippen LogP contribution in [0.2, 0.25) is 0 Å². The standard InChI is InChI=1S/C16H12N4O/c21-15-8-6-10-5-7-13(19-16(10)20-15)14-9-17-11-3-1-2-4-12(11)18-14/h1-5,7,9H,6,8H2,(H,19,20,21). The molecule has 0 saturated carbocycles. The van der Waals surface area contributed by atoms with E-state index in [1.807, 2.05) is 36.4 Å². The van der Waals surface area contributed by atoms with E-state index in [-0.39, 0.29) is 5.91 Å². The van der Waals surface area contributed by atoms with E-state index in [1.165, 1.54) is 0 Å². The molecule has 0 aliphatic carbocycles. The topological polar surface area (TPSA) is 67.8 Å². The summed E-state index contributed by atoms with van der Waals surface area (Å²) in [7, 11) is 0. The molecule has 4 rings (SSSR count). The lowest BCUT2D eigenvalue weighted by Gasteiger charge is -2.16. The molecule has 5 heteroatoms. The summed E-state index contributed by atoms with van der Waals surface area (Å²) in [5.41, 5.74) is 4.17. The van der Waals surface area contributed by atoms with Crippen molar-refractivity contribution >= 4 is 22.8 Å². The van der Waals surface area contributed by atoms with Gasteiger partial charge in [0.25, 0.3) is 0 Å². The van der Waals surface area contributed by atoms with Crippen LogP contribution in [-0.4, -0.2) is 20.9 Å². The number of nitrogens with zero attached hydrogens (tertiary/aromatic N) is 3. The molecule has 1 aromatic carbocycles. The molecular weight excluding hydrogens is 264 g/mol. The van der Waals surface area contributed by atoms with Gasteiger partial charge in [-0.05, 0) is 30.2 Å². The van der Waals surface area contributed by atoms with Gasteiger partial charge in [0, 0.05) is 6.42 Å². The van der Waals surface area contributed by atoms with Crippen LogP contribution in [0.4, 0.5) is 5.82 Å². The molecule has 0 unspecified atom stereocenters. The monoisotopic (exact) mass is 276 g/mol. The number of fused-ring (bicyclic) bond motifs is 2. The molecular formula is C16H12N4O. The van der Waals surface area contributed by atoms with Crippen LogP contribution in [0.15, 0.2) is 42.6 Å². The SMILES string of the molecule is O=C1CCc2ccc(-c3cnc4ccccc4n3)nc2N1. The number of anilines is 1. The number of rotatable bonds is 1. The van der Waals surface area contributed by atoms with E-state index < -0.39 is 0 Å². The van der Waals surface area contributed by atoms with Crippen molar-refractivity contribution in [1.82, 2.24) is 15.0 Å². The van der Waals surface area contributed by atoms with Crippen LogP contribution in [0.25, 0.3) is 22.4 Å². The summed E-state index contributed by atoms with van der Waals surface area (Å²) in [6, 6.07) is 11.6. The van der Waals surface area contributed by atoms with Gasteiger partial charge in [-0.15, -0.1) is 0 Å². The first-order valence-electron chi connectivity index (χ1n) is 6.81. The lowest BCUT2D eigenvalue weighted by atomic mass is 10.1. The van der Waals surface area contributed by atoms with Crippen molar-refractivity contribution in [2.45, 2.75) is 12.8 Å². The van der Waals surface area contributed by atoms with Crippen LogP contribution in [0, 0.1) is 0 Å². The van der Waals surface area contributed by atoms with Crippen molar-refractivity contribution in [3.63, 3.8) is 0 Å². The minimum atomic E-state index is 0.0109. The highest BCUT2D eigenvalue weighted by Gasteiger charge is 2.17. The van der Waals surface area contributed by atoms with Gasteiger partial charge in [-0.1, -0.05) is 18.2 Å². The van der Waals surface area contributed by atoms with Crippen LogP contribution < -0.4 is 5.32 Å². The molecule has 102 valence electrons. The van der Waals surface area contributed by atoms with Crippen molar-refractivity contribution in [1.29, 1.82) is 0 Å². The second-order valence-electron chi connectivity index (χ2n) is 5.00. The minimum absolute atomic E-state index is 0.0109. The van der Waals surface area contributed by atoms with E-state index in [0.29, 0.717) is 23.6 Å². The van der Waals surface area contributed by atoms with Gasteiger partial charge in [-0.3, -0.25) is 9.78 Å². The maximum absolute atomic E-state index is 11.5. The zero-order valence-electron chi connectivity index (χ0n) is 11.2. The molecule has 1 amide bonds. The van der Waals surface area contributed by atoms with Crippen molar-refractivity contribution in [2.24, 2.45) is 0 Å². The Morgan fingerprint density at radius 3 is 2.67 bits per heavy atom. The van der Waals surface area contributed by atoms with Gasteiger partial charge in [0.15, 0.2) is 0 Å². The highest BCUT2D eigenvalue weighted by Crippen LogP contribution is 2.25. The second kappa shape index (κ2) is 4.63. The van der Waals surface area contributed by atoms with Gasteiger partial charge >= 0.3 is 0 Å². The molecule has 0 bridgehead atoms. The van der Waals surface area contributed by atoms with Gasteiger partial charge in [-0.2, -0.15) is 0 Å². The molecule has 0 fully saturated rings. The Bertz CT molecular complexity index is 860. The summed E-state index contributed by atoms with van der Waals surface area (Å²) in [6.07, 6.45) is 2.96. The van der Waals surface area contributed by atoms with Gasteiger partial charge in [0.2, 0.25) is 5.91 Å². The number of hydrogen-bond acceptors (Lipinski definition) is 4. The van der Waals surface area contributed by atoms with E-state index in [0.717, 1.165) is 23.0 Å². The zero-order valence-corrected chi connectivity index (χ0v) is 11.2. The highest BCUT2D eigenvalue weighted by molar-refractivity contribution is 5.93. The molecule has 0 spiro atoms. The van der Waals surface area contributed by atoms with Crippen molar-refractivity contribution in [3.8, 4) is 11.4 Å². The fourth-order valence-corrected chi connectivity index (χ4v) is 2.46. The zero-order chi connectivity index (χ0) is 14.2. The maximum atomic E-state index is 11.5. The summed E-state index contributed by atoms with van der Waals surface area (Å²) >= 11 is 0. The molecule has 0 radical (unpaired) electrons. The number of pyridine rings is 1. The van der Waals surface area contributed by atoms with Crippen molar-refractivity contribution in [2.75, 3.05) is 5.32 Å². The number of aryl methyl sites for hydroxylation is 1. The number of amides is 1. The molecule has 0 saturated heterocycles. The summed E-state index contributed by atoms with van der Waals surface area (Å²) in [6.45, 7) is 0. The fourth-order valence-electron chi connectivity index (χ4n) is 2.46.